The van der Waals surface area contributed by atoms with Crippen LogP contribution in [0.1, 0.15) is 57.4 Å². The number of rotatable bonds is 9. The van der Waals surface area contributed by atoms with E-state index >= 15 is 0 Å². The summed E-state index contributed by atoms with van der Waals surface area (Å²) in [6, 6.07) is 12.9. The van der Waals surface area contributed by atoms with Crippen molar-refractivity contribution in [3.63, 3.8) is 0 Å². The average molecular weight is 493 g/mol. The Bertz CT molecular complexity index is 1010. The van der Waals surface area contributed by atoms with Crippen molar-refractivity contribution in [3.8, 4) is 5.75 Å². The minimum absolute atomic E-state index is 0.00670. The van der Waals surface area contributed by atoms with E-state index in [4.69, 9.17) is 16.3 Å². The molecule has 1 fully saturated rings. The van der Waals surface area contributed by atoms with Crippen molar-refractivity contribution < 1.29 is 17.9 Å². The normalized spacial score (nSPS) is 16.4. The summed E-state index contributed by atoms with van der Waals surface area (Å²) in [6.07, 6.45) is 7.83. The van der Waals surface area contributed by atoms with Crippen LogP contribution in [-0.4, -0.2) is 33.0 Å². The maximum atomic E-state index is 13.2. The molecule has 0 spiro atoms. The molecule has 0 aliphatic heterocycles. The van der Waals surface area contributed by atoms with E-state index in [1.165, 1.54) is 37.5 Å². The largest absolute Gasteiger partial charge is 0.492 e. The second-order valence-corrected chi connectivity index (χ2v) is 10.6. The first-order valence-electron chi connectivity index (χ1n) is 11.7. The first-order valence-corrected chi connectivity index (χ1v) is 13.5. The fraction of sp³-hybridized carbons (Fsp3) is 0.480. The molecular weight excluding hydrogens is 460 g/mol. The van der Waals surface area contributed by atoms with Crippen LogP contribution in [0.15, 0.2) is 53.4 Å². The molecule has 1 atom stereocenters. The zero-order valence-corrected chi connectivity index (χ0v) is 20.6. The number of carbonyl (C=O) groups excluding carboxylic acids is 1. The molecule has 0 unspecified atom stereocenters. The zero-order chi connectivity index (χ0) is 23.7. The van der Waals surface area contributed by atoms with Gasteiger partial charge in [0.1, 0.15) is 11.8 Å². The molecule has 0 bridgehead atoms. The minimum Gasteiger partial charge on any atom is -0.492 e. The highest BCUT2D eigenvalue weighted by Gasteiger charge is 2.28. The summed E-state index contributed by atoms with van der Waals surface area (Å²) in [5.41, 5.74) is 0.878. The van der Waals surface area contributed by atoms with Gasteiger partial charge in [-0.1, -0.05) is 74.0 Å². The van der Waals surface area contributed by atoms with E-state index in [0.29, 0.717) is 12.4 Å². The fourth-order valence-corrected chi connectivity index (χ4v) is 5.64. The number of benzene rings is 2. The number of hydrogen-bond acceptors (Lipinski definition) is 4. The third kappa shape index (κ3) is 7.73. The number of ether oxygens (including phenoxy) is 1. The Morgan fingerprint density at radius 1 is 1.06 bits per heavy atom. The van der Waals surface area contributed by atoms with Crippen molar-refractivity contribution in [2.24, 2.45) is 0 Å². The molecule has 180 valence electrons. The Morgan fingerprint density at radius 2 is 1.73 bits per heavy atom. The number of halogens is 1. The van der Waals surface area contributed by atoms with E-state index in [0.717, 1.165) is 31.2 Å². The van der Waals surface area contributed by atoms with Gasteiger partial charge in [-0.15, -0.1) is 0 Å². The van der Waals surface area contributed by atoms with Crippen LogP contribution in [0.4, 0.5) is 0 Å². The first kappa shape index (κ1) is 25.5. The summed E-state index contributed by atoms with van der Waals surface area (Å²) in [7, 11) is -3.98. The van der Waals surface area contributed by atoms with Crippen LogP contribution in [0.2, 0.25) is 5.02 Å². The highest BCUT2D eigenvalue weighted by molar-refractivity contribution is 7.89. The van der Waals surface area contributed by atoms with E-state index in [1.807, 2.05) is 37.3 Å². The average Bonchev–Trinajstić information content (AvgIpc) is 2.77. The summed E-state index contributed by atoms with van der Waals surface area (Å²) in [6.45, 7) is 2.25. The molecule has 0 radical (unpaired) electrons. The van der Waals surface area contributed by atoms with Crippen LogP contribution in [0.25, 0.3) is 0 Å². The molecule has 2 N–H and O–H groups in total. The van der Waals surface area contributed by atoms with Gasteiger partial charge in [0, 0.05) is 6.04 Å². The Hall–Kier alpha value is -2.09. The topological polar surface area (TPSA) is 84.5 Å². The van der Waals surface area contributed by atoms with Gasteiger partial charge in [-0.25, -0.2) is 8.42 Å². The molecule has 1 aliphatic rings. The van der Waals surface area contributed by atoms with Gasteiger partial charge in [-0.2, -0.15) is 4.72 Å². The number of hydrogen-bond donors (Lipinski definition) is 2. The van der Waals surface area contributed by atoms with Crippen LogP contribution in [0.3, 0.4) is 0 Å². The minimum atomic E-state index is -3.98. The first-order chi connectivity index (χ1) is 15.9. The molecule has 2 aromatic rings. The maximum Gasteiger partial charge on any atom is 0.241 e. The van der Waals surface area contributed by atoms with Crippen LogP contribution in [-0.2, 0) is 21.2 Å². The lowest BCUT2D eigenvalue weighted by Gasteiger charge is -2.25. The Morgan fingerprint density at radius 3 is 2.36 bits per heavy atom. The summed E-state index contributed by atoms with van der Waals surface area (Å²) in [4.78, 5) is 13.2. The SMILES string of the molecule is CCOc1ccc(S(=O)(=O)N[C@@H](Cc2ccccc2)C(=O)NC2CCCCCCC2)cc1Cl. The van der Waals surface area contributed by atoms with Gasteiger partial charge in [0.25, 0.3) is 0 Å². The second-order valence-electron chi connectivity index (χ2n) is 8.44. The molecule has 2 aromatic carbocycles. The van der Waals surface area contributed by atoms with Gasteiger partial charge in [0.15, 0.2) is 0 Å². The fourth-order valence-electron chi connectivity index (χ4n) is 4.12. The van der Waals surface area contributed by atoms with Crippen molar-refractivity contribution in [2.45, 2.75) is 75.3 Å². The highest BCUT2D eigenvalue weighted by atomic mass is 35.5. The molecule has 6 nitrogen and oxygen atoms in total. The molecule has 1 amide bonds. The van der Waals surface area contributed by atoms with Crippen LogP contribution < -0.4 is 14.8 Å². The summed E-state index contributed by atoms with van der Waals surface area (Å²) < 4.78 is 34.3. The van der Waals surface area contributed by atoms with E-state index in [-0.39, 0.29) is 28.3 Å². The van der Waals surface area contributed by atoms with Crippen LogP contribution in [0, 0.1) is 0 Å². The number of amides is 1. The smallest absolute Gasteiger partial charge is 0.241 e. The van der Waals surface area contributed by atoms with E-state index < -0.39 is 16.1 Å². The Kier molecular flexibility index (Phi) is 9.59. The van der Waals surface area contributed by atoms with Crippen molar-refractivity contribution in [1.29, 1.82) is 0 Å². The molecular formula is C25H33ClN2O4S. The number of carbonyl (C=O) groups is 1. The molecule has 0 aromatic heterocycles. The van der Waals surface area contributed by atoms with Gasteiger partial charge in [-0.05, 0) is 49.9 Å². The van der Waals surface area contributed by atoms with E-state index in [2.05, 4.69) is 10.0 Å². The maximum absolute atomic E-state index is 13.2. The molecule has 0 heterocycles. The van der Waals surface area contributed by atoms with E-state index in [1.54, 1.807) is 0 Å². The van der Waals surface area contributed by atoms with Gasteiger partial charge >= 0.3 is 0 Å². The van der Waals surface area contributed by atoms with Crippen LogP contribution >= 0.6 is 11.6 Å². The predicted molar refractivity (Wildman–Crippen MR) is 131 cm³/mol. The lowest BCUT2D eigenvalue weighted by Crippen LogP contribution is -2.50. The molecule has 33 heavy (non-hydrogen) atoms. The predicted octanol–water partition coefficient (Wildman–Crippen LogP) is 4.86. The van der Waals surface area contributed by atoms with Gasteiger partial charge < -0.3 is 10.1 Å². The monoisotopic (exact) mass is 492 g/mol. The lowest BCUT2D eigenvalue weighted by molar-refractivity contribution is -0.123. The van der Waals surface area contributed by atoms with Crippen molar-refractivity contribution in [3.05, 3.63) is 59.1 Å². The third-order valence-corrected chi connectivity index (χ3v) is 7.63. The van der Waals surface area contributed by atoms with Gasteiger partial charge in [0.2, 0.25) is 15.9 Å². The van der Waals surface area contributed by atoms with Crippen molar-refractivity contribution in [2.75, 3.05) is 6.61 Å². The molecule has 1 saturated carbocycles. The molecule has 8 heteroatoms. The summed E-state index contributed by atoms with van der Waals surface area (Å²) in [5.74, 6) is 0.117. The standard InChI is InChI=1S/C25H33ClN2O4S/c1-2-32-24-16-15-21(18-22(24)26)33(30,31)28-23(17-19-11-7-6-8-12-19)25(29)27-20-13-9-4-3-5-10-14-20/h6-8,11-12,15-16,18,20,23,28H,2-5,9-10,13-14,17H2,1H3,(H,27,29)/t23-/m0/s1. The van der Waals surface area contributed by atoms with Crippen molar-refractivity contribution >= 4 is 27.5 Å². The summed E-state index contributed by atoms with van der Waals surface area (Å²) >= 11 is 6.20. The van der Waals surface area contributed by atoms with Crippen LogP contribution in [0.5, 0.6) is 5.75 Å². The zero-order valence-electron chi connectivity index (χ0n) is 19.1. The molecule has 0 saturated heterocycles. The van der Waals surface area contributed by atoms with E-state index in [9.17, 15) is 13.2 Å². The van der Waals surface area contributed by atoms with Gasteiger partial charge in [0.05, 0.1) is 16.5 Å². The summed E-state index contributed by atoms with van der Waals surface area (Å²) in [5, 5.41) is 3.31. The second kappa shape index (κ2) is 12.4. The number of sulfonamides is 1. The molecule has 3 rings (SSSR count). The molecule has 1 aliphatic carbocycles. The number of nitrogens with one attached hydrogen (secondary N) is 2. The third-order valence-electron chi connectivity index (χ3n) is 5.86. The Balaban J connectivity index is 1.79. The van der Waals surface area contributed by atoms with Gasteiger partial charge in [-0.3, -0.25) is 4.79 Å². The Labute approximate surface area is 202 Å². The lowest BCUT2D eigenvalue weighted by atomic mass is 9.96. The quantitative estimate of drug-likeness (QED) is 0.523. The highest BCUT2D eigenvalue weighted by Crippen LogP contribution is 2.27. The van der Waals surface area contributed by atoms with Crippen molar-refractivity contribution in [1.82, 2.24) is 10.0 Å².